The van der Waals surface area contributed by atoms with Gasteiger partial charge in [0, 0.05) is 23.8 Å². The number of aromatic nitrogens is 1. The van der Waals surface area contributed by atoms with Gasteiger partial charge in [0.05, 0.1) is 5.02 Å². The molecule has 1 aliphatic heterocycles. The highest BCUT2D eigenvalue weighted by atomic mass is 79.9. The molecule has 0 atom stereocenters. The van der Waals surface area contributed by atoms with Crippen LogP contribution in [0.15, 0.2) is 16.7 Å². The Morgan fingerprint density at radius 3 is 2.71 bits per heavy atom. The molecule has 1 fully saturated rings. The van der Waals surface area contributed by atoms with Gasteiger partial charge >= 0.3 is 0 Å². The summed E-state index contributed by atoms with van der Waals surface area (Å²) < 4.78 is 0.912. The van der Waals surface area contributed by atoms with E-state index in [1.807, 2.05) is 6.07 Å². The number of halogens is 2. The molecule has 1 aromatic heterocycles. The highest BCUT2D eigenvalue weighted by Gasteiger charge is 2.29. The van der Waals surface area contributed by atoms with Crippen LogP contribution in [0, 0.1) is 5.41 Å². The van der Waals surface area contributed by atoms with Gasteiger partial charge in [-0.1, -0.05) is 18.5 Å². The van der Waals surface area contributed by atoms with Crippen LogP contribution in [-0.2, 0) is 0 Å². The van der Waals surface area contributed by atoms with E-state index in [0.717, 1.165) is 42.8 Å². The smallest absolute Gasteiger partial charge is 0.147 e. The minimum atomic E-state index is 0.276. The number of pyridine rings is 1. The van der Waals surface area contributed by atoms with Crippen LogP contribution in [-0.4, -0.2) is 24.6 Å². The Labute approximate surface area is 115 Å². The Morgan fingerprint density at radius 2 is 2.18 bits per heavy atom. The number of hydrogen-bond acceptors (Lipinski definition) is 3. The topological polar surface area (TPSA) is 42.1 Å². The quantitative estimate of drug-likeness (QED) is 0.911. The van der Waals surface area contributed by atoms with Gasteiger partial charge in [-0.25, -0.2) is 4.98 Å². The number of anilines is 1. The highest BCUT2D eigenvalue weighted by molar-refractivity contribution is 9.10. The molecule has 94 valence electrons. The number of nitrogens with zero attached hydrogens (tertiary/aromatic N) is 2. The van der Waals surface area contributed by atoms with Crippen LogP contribution >= 0.6 is 27.5 Å². The van der Waals surface area contributed by atoms with Crippen molar-refractivity contribution in [1.29, 1.82) is 0 Å². The van der Waals surface area contributed by atoms with E-state index in [4.69, 9.17) is 17.3 Å². The van der Waals surface area contributed by atoms with E-state index < -0.39 is 0 Å². The largest absolute Gasteiger partial charge is 0.355 e. The molecule has 1 aromatic rings. The lowest BCUT2D eigenvalue weighted by Crippen LogP contribution is -2.42. The van der Waals surface area contributed by atoms with Crippen molar-refractivity contribution in [2.75, 3.05) is 24.5 Å². The fourth-order valence-electron chi connectivity index (χ4n) is 2.10. The minimum Gasteiger partial charge on any atom is -0.355 e. The molecule has 5 heteroatoms. The van der Waals surface area contributed by atoms with Crippen molar-refractivity contribution in [3.63, 3.8) is 0 Å². The van der Waals surface area contributed by atoms with Gasteiger partial charge in [-0.05, 0) is 46.8 Å². The molecule has 0 unspecified atom stereocenters. The first kappa shape index (κ1) is 13.1. The van der Waals surface area contributed by atoms with Crippen molar-refractivity contribution >= 4 is 33.3 Å². The van der Waals surface area contributed by atoms with Gasteiger partial charge in [0.1, 0.15) is 5.82 Å². The molecular formula is C12H17BrClN3. The summed E-state index contributed by atoms with van der Waals surface area (Å²) in [6.07, 6.45) is 3.98. The zero-order valence-electron chi connectivity index (χ0n) is 9.92. The lowest BCUT2D eigenvalue weighted by molar-refractivity contribution is 0.258. The van der Waals surface area contributed by atoms with Crippen LogP contribution in [0.1, 0.15) is 19.8 Å². The first-order valence-electron chi connectivity index (χ1n) is 5.80. The molecular weight excluding hydrogens is 302 g/mol. The minimum absolute atomic E-state index is 0.276. The van der Waals surface area contributed by atoms with Crippen molar-refractivity contribution in [1.82, 2.24) is 4.98 Å². The van der Waals surface area contributed by atoms with Crippen molar-refractivity contribution in [3.8, 4) is 0 Å². The standard InChI is InChI=1S/C12H17BrClN3/c1-12(8-15)2-4-17(5-3-12)11-10(14)6-9(13)7-16-11/h6-7H,2-5,8,15H2,1H3. The third kappa shape index (κ3) is 2.92. The van der Waals surface area contributed by atoms with Crippen LogP contribution in [0.4, 0.5) is 5.82 Å². The van der Waals surface area contributed by atoms with Crippen molar-refractivity contribution < 1.29 is 0 Å². The van der Waals surface area contributed by atoms with Gasteiger partial charge in [-0.3, -0.25) is 0 Å². The third-order valence-corrected chi connectivity index (χ3v) is 4.26. The van der Waals surface area contributed by atoms with Crippen LogP contribution in [0.25, 0.3) is 0 Å². The monoisotopic (exact) mass is 317 g/mol. The molecule has 0 amide bonds. The Hall–Kier alpha value is -0.320. The van der Waals surface area contributed by atoms with Gasteiger partial charge in [0.2, 0.25) is 0 Å². The van der Waals surface area contributed by atoms with E-state index in [9.17, 15) is 0 Å². The lowest BCUT2D eigenvalue weighted by Gasteiger charge is -2.39. The molecule has 0 saturated carbocycles. The second-order valence-corrected chi connectivity index (χ2v) is 6.28. The van der Waals surface area contributed by atoms with Crippen molar-refractivity contribution in [2.24, 2.45) is 11.1 Å². The van der Waals surface area contributed by atoms with Crippen LogP contribution in [0.3, 0.4) is 0 Å². The molecule has 1 saturated heterocycles. The fraction of sp³-hybridized carbons (Fsp3) is 0.583. The van der Waals surface area contributed by atoms with E-state index >= 15 is 0 Å². The molecule has 0 aliphatic carbocycles. The normalized spacial score (nSPS) is 19.4. The number of hydrogen-bond donors (Lipinski definition) is 1. The number of rotatable bonds is 2. The van der Waals surface area contributed by atoms with Crippen LogP contribution in [0.5, 0.6) is 0 Å². The summed E-state index contributed by atoms with van der Waals surface area (Å²) in [5, 5.41) is 0.704. The summed E-state index contributed by atoms with van der Waals surface area (Å²) in [4.78, 5) is 6.63. The van der Waals surface area contributed by atoms with E-state index in [1.54, 1.807) is 6.20 Å². The maximum absolute atomic E-state index is 6.21. The first-order valence-corrected chi connectivity index (χ1v) is 6.97. The zero-order valence-corrected chi connectivity index (χ0v) is 12.3. The second-order valence-electron chi connectivity index (χ2n) is 4.96. The molecule has 0 spiro atoms. The first-order chi connectivity index (χ1) is 8.04. The number of piperidine rings is 1. The average Bonchev–Trinajstić information content (AvgIpc) is 2.31. The summed E-state index contributed by atoms with van der Waals surface area (Å²) in [5.74, 6) is 0.883. The maximum atomic E-state index is 6.21. The molecule has 3 nitrogen and oxygen atoms in total. The maximum Gasteiger partial charge on any atom is 0.147 e. The average molecular weight is 319 g/mol. The molecule has 2 N–H and O–H groups in total. The summed E-state index contributed by atoms with van der Waals surface area (Å²) >= 11 is 9.58. The van der Waals surface area contributed by atoms with E-state index in [2.05, 4.69) is 32.7 Å². The van der Waals surface area contributed by atoms with E-state index in [1.165, 1.54) is 0 Å². The predicted octanol–water partition coefficient (Wildman–Crippen LogP) is 3.06. The van der Waals surface area contributed by atoms with Crippen LogP contribution in [0.2, 0.25) is 5.02 Å². The van der Waals surface area contributed by atoms with Crippen molar-refractivity contribution in [3.05, 3.63) is 21.8 Å². The fourth-order valence-corrected chi connectivity index (χ4v) is 2.85. The summed E-state index contributed by atoms with van der Waals surface area (Å²) in [5.41, 5.74) is 6.08. The van der Waals surface area contributed by atoms with Gasteiger partial charge in [-0.2, -0.15) is 0 Å². The van der Waals surface area contributed by atoms with Gasteiger partial charge in [0.25, 0.3) is 0 Å². The molecule has 2 rings (SSSR count). The predicted molar refractivity (Wildman–Crippen MR) is 75.6 cm³/mol. The molecule has 0 aromatic carbocycles. The van der Waals surface area contributed by atoms with Gasteiger partial charge in [0.15, 0.2) is 0 Å². The molecule has 0 radical (unpaired) electrons. The molecule has 2 heterocycles. The molecule has 17 heavy (non-hydrogen) atoms. The Balaban J connectivity index is 2.10. The van der Waals surface area contributed by atoms with Crippen molar-refractivity contribution in [2.45, 2.75) is 19.8 Å². The number of nitrogens with two attached hydrogens (primary N) is 1. The third-order valence-electron chi connectivity index (χ3n) is 3.55. The highest BCUT2D eigenvalue weighted by Crippen LogP contribution is 2.34. The summed E-state index contributed by atoms with van der Waals surface area (Å²) in [6, 6.07) is 1.89. The Kier molecular flexibility index (Phi) is 3.95. The summed E-state index contributed by atoms with van der Waals surface area (Å²) in [7, 11) is 0. The Morgan fingerprint density at radius 1 is 1.53 bits per heavy atom. The van der Waals surface area contributed by atoms with Crippen LogP contribution < -0.4 is 10.6 Å². The van der Waals surface area contributed by atoms with E-state index in [0.29, 0.717) is 5.02 Å². The molecule has 1 aliphatic rings. The van der Waals surface area contributed by atoms with E-state index in [-0.39, 0.29) is 5.41 Å². The Bertz CT molecular complexity index is 403. The lowest BCUT2D eigenvalue weighted by atomic mass is 9.80. The zero-order chi connectivity index (χ0) is 12.5. The summed E-state index contributed by atoms with van der Waals surface area (Å²) in [6.45, 7) is 4.95. The second kappa shape index (κ2) is 5.12. The van der Waals surface area contributed by atoms with Gasteiger partial charge in [-0.15, -0.1) is 0 Å². The molecule has 0 bridgehead atoms. The van der Waals surface area contributed by atoms with Gasteiger partial charge < -0.3 is 10.6 Å². The SMILES string of the molecule is CC1(CN)CCN(c2ncc(Br)cc2Cl)CC1.